The van der Waals surface area contributed by atoms with Crippen LogP contribution < -0.4 is 5.63 Å². The average Bonchev–Trinajstić information content (AvgIpc) is 2.14. The summed E-state index contributed by atoms with van der Waals surface area (Å²) in [7, 11) is 0. The van der Waals surface area contributed by atoms with Gasteiger partial charge >= 0.3 is 5.63 Å². The van der Waals surface area contributed by atoms with Crippen LogP contribution in [0.25, 0.3) is 11.0 Å². The molecule has 0 radical (unpaired) electrons. The summed E-state index contributed by atoms with van der Waals surface area (Å²) in [6.07, 6.45) is 0. The first-order valence-corrected chi connectivity index (χ1v) is 4.39. The maximum absolute atomic E-state index is 11.2. The zero-order valence-corrected chi connectivity index (χ0v) is 8.13. The largest absolute Gasteiger partial charge is 0.508 e. The van der Waals surface area contributed by atoms with Crippen molar-refractivity contribution >= 4 is 22.6 Å². The number of phenolic OH excluding ortho intramolecular Hbond substituents is 1. The summed E-state index contributed by atoms with van der Waals surface area (Å²) >= 11 is 5.94. The van der Waals surface area contributed by atoms with Gasteiger partial charge in [0.2, 0.25) is 0 Å². The quantitative estimate of drug-likeness (QED) is 0.680. The zero-order valence-electron chi connectivity index (χ0n) is 7.37. The smallest absolute Gasteiger partial charge is 0.340 e. The number of benzene rings is 1. The summed E-state index contributed by atoms with van der Waals surface area (Å²) in [5.41, 5.74) is 0.198. The van der Waals surface area contributed by atoms with Gasteiger partial charge in [-0.15, -0.1) is 0 Å². The minimum absolute atomic E-state index is 0.0422. The highest BCUT2D eigenvalue weighted by Gasteiger charge is 2.08. The molecule has 2 aromatic rings. The number of phenols is 1. The van der Waals surface area contributed by atoms with Crippen LogP contribution in [0.15, 0.2) is 27.4 Å². The Morgan fingerprint density at radius 1 is 1.43 bits per heavy atom. The first-order valence-electron chi connectivity index (χ1n) is 4.01. The molecule has 0 aliphatic heterocycles. The Hall–Kier alpha value is -1.48. The summed E-state index contributed by atoms with van der Waals surface area (Å²) < 4.78 is 4.95. The first kappa shape index (κ1) is 9.09. The summed E-state index contributed by atoms with van der Waals surface area (Å²) in [6.45, 7) is 1.60. The predicted molar refractivity (Wildman–Crippen MR) is 53.9 cm³/mol. The normalized spacial score (nSPS) is 10.7. The fraction of sp³-hybridized carbons (Fsp3) is 0.100. The van der Waals surface area contributed by atoms with Crippen LogP contribution in [0.2, 0.25) is 5.02 Å². The monoisotopic (exact) mass is 210 g/mol. The zero-order chi connectivity index (χ0) is 10.3. The molecule has 0 bridgehead atoms. The molecule has 1 aromatic heterocycles. The van der Waals surface area contributed by atoms with Crippen molar-refractivity contribution in [3.8, 4) is 5.75 Å². The molecule has 0 unspecified atom stereocenters. The Balaban J connectivity index is 2.98. The van der Waals surface area contributed by atoms with E-state index in [1.165, 1.54) is 12.1 Å². The highest BCUT2D eigenvalue weighted by Crippen LogP contribution is 2.26. The SMILES string of the molecule is Cc1c(Cl)c2ccc(O)cc2oc1=O. The molecule has 1 aromatic carbocycles. The van der Waals surface area contributed by atoms with Gasteiger partial charge in [-0.2, -0.15) is 0 Å². The first-order chi connectivity index (χ1) is 6.59. The average molecular weight is 211 g/mol. The van der Waals surface area contributed by atoms with Gasteiger partial charge in [-0.05, 0) is 19.1 Å². The molecule has 0 fully saturated rings. The lowest BCUT2D eigenvalue weighted by atomic mass is 10.2. The number of hydrogen-bond acceptors (Lipinski definition) is 3. The molecule has 0 atom stereocenters. The van der Waals surface area contributed by atoms with Gasteiger partial charge in [-0.25, -0.2) is 4.79 Å². The van der Waals surface area contributed by atoms with Crippen LogP contribution in [-0.2, 0) is 0 Å². The van der Waals surface area contributed by atoms with Crippen molar-refractivity contribution < 1.29 is 9.52 Å². The second-order valence-corrected chi connectivity index (χ2v) is 3.39. The highest BCUT2D eigenvalue weighted by atomic mass is 35.5. The maximum atomic E-state index is 11.2. The third-order valence-electron chi connectivity index (χ3n) is 2.04. The molecule has 4 heteroatoms. The Morgan fingerprint density at radius 2 is 2.14 bits per heavy atom. The fourth-order valence-corrected chi connectivity index (χ4v) is 1.48. The van der Waals surface area contributed by atoms with Crippen molar-refractivity contribution in [2.45, 2.75) is 6.92 Å². The second kappa shape index (κ2) is 3.03. The van der Waals surface area contributed by atoms with E-state index in [-0.39, 0.29) is 5.75 Å². The lowest BCUT2D eigenvalue weighted by Gasteiger charge is -2.01. The van der Waals surface area contributed by atoms with Crippen LogP contribution in [0.1, 0.15) is 5.56 Å². The van der Waals surface area contributed by atoms with Crippen molar-refractivity contribution in [3.63, 3.8) is 0 Å². The van der Waals surface area contributed by atoms with Crippen molar-refractivity contribution in [1.29, 1.82) is 0 Å². The number of aromatic hydroxyl groups is 1. The molecule has 72 valence electrons. The molecule has 0 saturated heterocycles. The van der Waals surface area contributed by atoms with Crippen LogP contribution in [-0.4, -0.2) is 5.11 Å². The topological polar surface area (TPSA) is 50.4 Å². The van der Waals surface area contributed by atoms with E-state index < -0.39 is 5.63 Å². The highest BCUT2D eigenvalue weighted by molar-refractivity contribution is 6.35. The van der Waals surface area contributed by atoms with Gasteiger partial charge in [-0.3, -0.25) is 0 Å². The molecule has 1 heterocycles. The molecular formula is C10H7ClO3. The van der Waals surface area contributed by atoms with Gasteiger partial charge in [-0.1, -0.05) is 11.6 Å². The summed E-state index contributed by atoms with van der Waals surface area (Å²) in [5.74, 6) is 0.0422. The van der Waals surface area contributed by atoms with E-state index in [1.807, 2.05) is 0 Å². The third kappa shape index (κ3) is 1.26. The van der Waals surface area contributed by atoms with E-state index in [0.29, 0.717) is 21.6 Å². The van der Waals surface area contributed by atoms with Gasteiger partial charge < -0.3 is 9.52 Å². The number of halogens is 1. The van der Waals surface area contributed by atoms with Crippen LogP contribution >= 0.6 is 11.6 Å². The Bertz CT molecular complexity index is 557. The number of fused-ring (bicyclic) bond motifs is 1. The van der Waals surface area contributed by atoms with E-state index in [4.69, 9.17) is 16.0 Å². The molecule has 14 heavy (non-hydrogen) atoms. The molecule has 3 nitrogen and oxygen atoms in total. The fourth-order valence-electron chi connectivity index (χ4n) is 1.24. The number of hydrogen-bond donors (Lipinski definition) is 1. The number of rotatable bonds is 0. The van der Waals surface area contributed by atoms with Crippen molar-refractivity contribution in [1.82, 2.24) is 0 Å². The van der Waals surface area contributed by atoms with E-state index in [1.54, 1.807) is 13.0 Å². The molecule has 0 aliphatic carbocycles. The van der Waals surface area contributed by atoms with Crippen LogP contribution in [0.5, 0.6) is 5.75 Å². The van der Waals surface area contributed by atoms with Gasteiger partial charge in [0, 0.05) is 11.5 Å². The Labute approximate surface area is 84.5 Å². The summed E-state index contributed by atoms with van der Waals surface area (Å²) in [5, 5.41) is 10.2. The lowest BCUT2D eigenvalue weighted by molar-refractivity contribution is 0.473. The molecule has 0 aliphatic rings. The maximum Gasteiger partial charge on any atom is 0.340 e. The summed E-state index contributed by atoms with van der Waals surface area (Å²) in [4.78, 5) is 11.2. The minimum Gasteiger partial charge on any atom is -0.508 e. The minimum atomic E-state index is -0.479. The van der Waals surface area contributed by atoms with Gasteiger partial charge in [0.1, 0.15) is 11.3 Å². The molecule has 2 rings (SSSR count). The van der Waals surface area contributed by atoms with Crippen molar-refractivity contribution in [2.24, 2.45) is 0 Å². The van der Waals surface area contributed by atoms with E-state index in [9.17, 15) is 9.90 Å². The third-order valence-corrected chi connectivity index (χ3v) is 2.53. The molecule has 0 saturated carbocycles. The van der Waals surface area contributed by atoms with Gasteiger partial charge in [0.15, 0.2) is 0 Å². The Morgan fingerprint density at radius 3 is 2.86 bits per heavy atom. The molecule has 1 N–H and O–H groups in total. The van der Waals surface area contributed by atoms with E-state index >= 15 is 0 Å². The standard InChI is InChI=1S/C10H7ClO3/c1-5-9(11)7-3-2-6(12)4-8(7)14-10(5)13/h2-4,12H,1H3. The van der Waals surface area contributed by atoms with Crippen LogP contribution in [0.3, 0.4) is 0 Å². The Kier molecular flexibility index (Phi) is 1.97. The molecule has 0 amide bonds. The van der Waals surface area contributed by atoms with Gasteiger partial charge in [0.05, 0.1) is 10.6 Å². The lowest BCUT2D eigenvalue weighted by Crippen LogP contribution is -2.03. The van der Waals surface area contributed by atoms with Gasteiger partial charge in [0.25, 0.3) is 0 Å². The van der Waals surface area contributed by atoms with E-state index in [2.05, 4.69) is 0 Å². The molecule has 0 spiro atoms. The van der Waals surface area contributed by atoms with Crippen molar-refractivity contribution in [3.05, 3.63) is 39.2 Å². The van der Waals surface area contributed by atoms with Crippen molar-refractivity contribution in [2.75, 3.05) is 0 Å². The summed E-state index contributed by atoms with van der Waals surface area (Å²) in [6, 6.07) is 4.47. The van der Waals surface area contributed by atoms with E-state index in [0.717, 1.165) is 0 Å². The predicted octanol–water partition coefficient (Wildman–Crippen LogP) is 2.46. The van der Waals surface area contributed by atoms with Crippen LogP contribution in [0.4, 0.5) is 0 Å². The second-order valence-electron chi connectivity index (χ2n) is 3.01. The van der Waals surface area contributed by atoms with Crippen LogP contribution in [0, 0.1) is 6.92 Å². The molecular weight excluding hydrogens is 204 g/mol.